The number of fused-ring (bicyclic) bond motifs is 1. The van der Waals surface area contributed by atoms with E-state index < -0.39 is 59.7 Å². The highest BCUT2D eigenvalue weighted by Crippen LogP contribution is 2.27. The van der Waals surface area contributed by atoms with Crippen LogP contribution >= 0.6 is 0 Å². The van der Waals surface area contributed by atoms with Crippen molar-refractivity contribution in [2.24, 2.45) is 23.3 Å². The summed E-state index contributed by atoms with van der Waals surface area (Å²) in [4.78, 5) is 82.4. The summed E-state index contributed by atoms with van der Waals surface area (Å²) in [6, 6.07) is 12.1. The molecule has 1 aliphatic carbocycles. The smallest absolute Gasteiger partial charge is 0.305 e. The number of H-pyrrole nitrogens is 1. The molecule has 4 rings (SSSR count). The van der Waals surface area contributed by atoms with E-state index in [4.69, 9.17) is 16.6 Å². The summed E-state index contributed by atoms with van der Waals surface area (Å²) in [6.45, 7) is 4.43. The fraction of sp³-hybridized carbons (Fsp3) is 0.535. The molecular formula is C43H62N8O7. The highest BCUT2D eigenvalue weighted by atomic mass is 16.4. The van der Waals surface area contributed by atoms with Gasteiger partial charge < -0.3 is 48.1 Å². The number of benzene rings is 2. The van der Waals surface area contributed by atoms with E-state index in [-0.39, 0.29) is 44.7 Å². The molecule has 0 spiro atoms. The van der Waals surface area contributed by atoms with Gasteiger partial charge in [-0.3, -0.25) is 28.8 Å². The molecule has 0 saturated heterocycles. The Labute approximate surface area is 340 Å². The molecule has 2 aromatic carbocycles. The van der Waals surface area contributed by atoms with Crippen molar-refractivity contribution in [3.8, 4) is 0 Å². The van der Waals surface area contributed by atoms with Gasteiger partial charge in [0.2, 0.25) is 29.5 Å². The zero-order valence-electron chi connectivity index (χ0n) is 33.8. The lowest BCUT2D eigenvalue weighted by atomic mass is 9.84. The van der Waals surface area contributed by atoms with Crippen LogP contribution < -0.4 is 38.1 Å². The minimum absolute atomic E-state index is 0.0103. The number of carbonyl (C=O) groups is 6. The Morgan fingerprint density at radius 2 is 1.40 bits per heavy atom. The van der Waals surface area contributed by atoms with Gasteiger partial charge in [0.05, 0.1) is 12.5 Å². The van der Waals surface area contributed by atoms with Crippen molar-refractivity contribution in [2.75, 3.05) is 13.1 Å². The zero-order chi connectivity index (χ0) is 42.0. The molecule has 15 heteroatoms. The molecule has 316 valence electrons. The van der Waals surface area contributed by atoms with Crippen molar-refractivity contribution in [2.45, 2.75) is 121 Å². The predicted octanol–water partition coefficient (Wildman–Crippen LogP) is 2.57. The van der Waals surface area contributed by atoms with E-state index in [0.717, 1.165) is 55.0 Å². The Morgan fingerprint density at radius 3 is 2.07 bits per heavy atom. The molecule has 1 saturated carbocycles. The third-order valence-electron chi connectivity index (χ3n) is 10.6. The first-order chi connectivity index (χ1) is 27.8. The van der Waals surface area contributed by atoms with Gasteiger partial charge in [0.15, 0.2) is 0 Å². The average Bonchev–Trinajstić information content (AvgIpc) is 3.60. The van der Waals surface area contributed by atoms with Gasteiger partial charge in [0.25, 0.3) is 0 Å². The Bertz CT molecular complexity index is 1810. The number of nitrogens with one attached hydrogen (secondary N) is 6. The molecule has 1 fully saturated rings. The number of carboxylic acid groups (broad SMARTS) is 1. The van der Waals surface area contributed by atoms with Crippen LogP contribution in [0.15, 0.2) is 60.8 Å². The summed E-state index contributed by atoms with van der Waals surface area (Å²) in [5.74, 6) is -3.43. The van der Waals surface area contributed by atoms with Crippen LogP contribution in [0.1, 0.15) is 89.2 Å². The number of nitrogens with two attached hydrogens (primary N) is 2. The number of hydrogen-bond donors (Lipinski definition) is 9. The van der Waals surface area contributed by atoms with Crippen LogP contribution in [0.4, 0.5) is 0 Å². The van der Waals surface area contributed by atoms with Gasteiger partial charge in [-0.15, -0.1) is 0 Å². The fourth-order valence-corrected chi connectivity index (χ4v) is 7.60. The summed E-state index contributed by atoms with van der Waals surface area (Å²) in [7, 11) is 0. The van der Waals surface area contributed by atoms with E-state index in [1.807, 2.05) is 30.3 Å². The first-order valence-corrected chi connectivity index (χ1v) is 20.6. The average molecular weight is 803 g/mol. The van der Waals surface area contributed by atoms with Crippen LogP contribution in [0, 0.1) is 11.8 Å². The van der Waals surface area contributed by atoms with Crippen molar-refractivity contribution < 1.29 is 33.9 Å². The molecule has 5 amide bonds. The number of hydrogen-bond acceptors (Lipinski definition) is 8. The number of carboxylic acids is 1. The van der Waals surface area contributed by atoms with Gasteiger partial charge in [-0.05, 0) is 48.3 Å². The summed E-state index contributed by atoms with van der Waals surface area (Å²) >= 11 is 0. The standard InChI is InChI=1S/C43H62N8O7/c1-27(2)21-31(44)26-48-35(22-28-11-5-3-6-12-28)42(57)49-34(17-18-38(45)52)41(56)51-37(24-30-25-47-33-16-10-9-15-32(30)33)43(58)50-36(23-29-13-7-4-8-14-29)40(55)46-20-19-39(53)54/h4,7-10,13-16,25,27-28,31,34-37,47-48H,3,5-6,11-12,17-24,26,44H2,1-2H3,(H2,45,52)(H,46,55)(H,49,57)(H,50,58)(H,51,56)(H,53,54)/t31-,34-,35-,36-,37-/m0/s1. The van der Waals surface area contributed by atoms with Gasteiger partial charge in [-0.1, -0.05) is 94.5 Å². The monoisotopic (exact) mass is 802 g/mol. The largest absolute Gasteiger partial charge is 0.481 e. The molecule has 5 atom stereocenters. The predicted molar refractivity (Wildman–Crippen MR) is 222 cm³/mol. The second-order valence-electron chi connectivity index (χ2n) is 16.0. The normalized spacial score (nSPS) is 15.8. The van der Waals surface area contributed by atoms with Crippen molar-refractivity contribution in [3.63, 3.8) is 0 Å². The maximum atomic E-state index is 14.3. The number of primary amides is 1. The Morgan fingerprint density at radius 1 is 0.776 bits per heavy atom. The number of para-hydroxylation sites is 1. The molecule has 0 aliphatic heterocycles. The summed E-state index contributed by atoms with van der Waals surface area (Å²) in [5.41, 5.74) is 14.2. The lowest BCUT2D eigenvalue weighted by molar-refractivity contribution is -0.137. The summed E-state index contributed by atoms with van der Waals surface area (Å²) < 4.78 is 0. The lowest BCUT2D eigenvalue weighted by Crippen LogP contribution is -2.59. The first kappa shape index (κ1) is 45.4. The maximum Gasteiger partial charge on any atom is 0.305 e. The lowest BCUT2D eigenvalue weighted by Gasteiger charge is -2.29. The summed E-state index contributed by atoms with van der Waals surface area (Å²) in [6.07, 6.45) is 7.90. The minimum atomic E-state index is -1.24. The first-order valence-electron chi connectivity index (χ1n) is 20.6. The van der Waals surface area contributed by atoms with E-state index in [1.165, 1.54) is 0 Å². The molecule has 0 unspecified atom stereocenters. The molecule has 0 radical (unpaired) electrons. The zero-order valence-corrected chi connectivity index (χ0v) is 33.8. The van der Waals surface area contributed by atoms with Gasteiger partial charge in [0.1, 0.15) is 18.1 Å². The van der Waals surface area contributed by atoms with Crippen molar-refractivity contribution >= 4 is 46.4 Å². The van der Waals surface area contributed by atoms with Gasteiger partial charge >= 0.3 is 5.97 Å². The molecule has 0 bridgehead atoms. The molecule has 1 aromatic heterocycles. The Kier molecular flexibility index (Phi) is 18.2. The Hall–Kier alpha value is -5.28. The highest BCUT2D eigenvalue weighted by molar-refractivity contribution is 5.96. The van der Waals surface area contributed by atoms with Crippen LogP contribution in [0.2, 0.25) is 0 Å². The van der Waals surface area contributed by atoms with E-state index in [1.54, 1.807) is 30.5 Å². The molecule has 1 heterocycles. The highest BCUT2D eigenvalue weighted by Gasteiger charge is 2.33. The van der Waals surface area contributed by atoms with E-state index in [2.05, 4.69) is 45.4 Å². The number of carbonyl (C=O) groups excluding carboxylic acids is 5. The van der Waals surface area contributed by atoms with Gasteiger partial charge in [0, 0.05) is 55.5 Å². The van der Waals surface area contributed by atoms with E-state index in [0.29, 0.717) is 30.4 Å². The number of aromatic nitrogens is 1. The second kappa shape index (κ2) is 23.2. The number of aromatic amines is 1. The fourth-order valence-electron chi connectivity index (χ4n) is 7.60. The molecular weight excluding hydrogens is 741 g/mol. The van der Waals surface area contributed by atoms with Crippen LogP contribution in [-0.2, 0) is 41.6 Å². The number of amides is 5. The third-order valence-corrected chi connectivity index (χ3v) is 10.6. The minimum Gasteiger partial charge on any atom is -0.481 e. The second-order valence-corrected chi connectivity index (χ2v) is 16.0. The van der Waals surface area contributed by atoms with Gasteiger partial charge in [-0.2, -0.15) is 0 Å². The summed E-state index contributed by atoms with van der Waals surface area (Å²) in [5, 5.41) is 24.4. The molecule has 15 nitrogen and oxygen atoms in total. The van der Waals surface area contributed by atoms with E-state index >= 15 is 0 Å². The molecule has 1 aliphatic rings. The van der Waals surface area contributed by atoms with Crippen LogP contribution in [-0.4, -0.2) is 88.9 Å². The van der Waals surface area contributed by atoms with Crippen LogP contribution in [0.5, 0.6) is 0 Å². The quantitative estimate of drug-likeness (QED) is 0.0645. The van der Waals surface area contributed by atoms with Crippen LogP contribution in [0.25, 0.3) is 10.9 Å². The topological polar surface area (TPSA) is 251 Å². The van der Waals surface area contributed by atoms with E-state index in [9.17, 15) is 28.8 Å². The van der Waals surface area contributed by atoms with Crippen molar-refractivity contribution in [1.29, 1.82) is 0 Å². The third kappa shape index (κ3) is 15.2. The molecule has 58 heavy (non-hydrogen) atoms. The number of rotatable bonds is 24. The van der Waals surface area contributed by atoms with Crippen molar-refractivity contribution in [1.82, 2.24) is 31.6 Å². The Balaban J connectivity index is 1.60. The van der Waals surface area contributed by atoms with Crippen LogP contribution in [0.3, 0.4) is 0 Å². The SMILES string of the molecule is CC(C)C[C@H](N)CN[C@@H](CC1CCCCC1)C(=O)N[C@@H](CCC(N)=O)C(=O)N[C@@H](Cc1c[nH]c2ccccc12)C(=O)N[C@@H](Cc1ccccc1)C(=O)NCCC(=O)O. The van der Waals surface area contributed by atoms with Crippen molar-refractivity contribution in [3.05, 3.63) is 71.9 Å². The number of aliphatic carboxylic acids is 1. The van der Waals surface area contributed by atoms with Gasteiger partial charge in [-0.25, -0.2) is 0 Å². The maximum absolute atomic E-state index is 14.3. The molecule has 11 N–H and O–H groups in total. The molecule has 3 aromatic rings.